The van der Waals surface area contributed by atoms with Crippen molar-refractivity contribution >= 4 is 17.4 Å². The maximum absolute atomic E-state index is 6.27. The minimum Gasteiger partial charge on any atom is -0.373 e. The van der Waals surface area contributed by atoms with Gasteiger partial charge in [-0.25, -0.2) is 4.98 Å². The fourth-order valence-electron chi connectivity index (χ4n) is 2.25. The zero-order valence-corrected chi connectivity index (χ0v) is 12.9. The summed E-state index contributed by atoms with van der Waals surface area (Å²) in [5, 5.41) is 3.94. The third-order valence-corrected chi connectivity index (χ3v) is 3.91. The molecule has 0 bridgehead atoms. The molecule has 0 fully saturated rings. The molecule has 0 aliphatic heterocycles. The number of hydrogen-bond donors (Lipinski definition) is 1. The lowest BCUT2D eigenvalue weighted by molar-refractivity contribution is 0.253. The molecule has 0 spiro atoms. The summed E-state index contributed by atoms with van der Waals surface area (Å²) in [5.74, 6) is 0.922. The molecule has 0 amide bonds. The maximum atomic E-state index is 6.27. The molecular weight excluding hydrogens is 270 g/mol. The van der Waals surface area contributed by atoms with E-state index >= 15 is 0 Å². The molecule has 106 valence electrons. The van der Waals surface area contributed by atoms with Crippen molar-refractivity contribution in [3.8, 4) is 0 Å². The Morgan fingerprint density at radius 2 is 2.00 bits per heavy atom. The van der Waals surface area contributed by atoms with Gasteiger partial charge in [0.15, 0.2) is 0 Å². The Hall–Kier alpha value is -1.58. The van der Waals surface area contributed by atoms with E-state index in [4.69, 9.17) is 11.6 Å². The van der Waals surface area contributed by atoms with Gasteiger partial charge in [-0.05, 0) is 31.7 Å². The van der Waals surface area contributed by atoms with Gasteiger partial charge in [-0.15, -0.1) is 0 Å². The molecule has 0 radical (unpaired) electrons. The Morgan fingerprint density at radius 3 is 2.70 bits per heavy atom. The topological polar surface area (TPSA) is 28.2 Å². The van der Waals surface area contributed by atoms with E-state index in [1.807, 2.05) is 31.3 Å². The van der Waals surface area contributed by atoms with Gasteiger partial charge in [-0.3, -0.25) is 4.90 Å². The van der Waals surface area contributed by atoms with Crippen molar-refractivity contribution in [2.75, 3.05) is 19.4 Å². The molecule has 1 aromatic heterocycles. The molecule has 0 saturated heterocycles. The SMILES string of the molecule is CNc1ncccc1CN(C)C(C)c1ccccc1Cl. The zero-order valence-electron chi connectivity index (χ0n) is 12.1. The quantitative estimate of drug-likeness (QED) is 0.903. The van der Waals surface area contributed by atoms with Crippen LogP contribution in [0, 0.1) is 0 Å². The number of pyridine rings is 1. The van der Waals surface area contributed by atoms with Gasteiger partial charge in [0.2, 0.25) is 0 Å². The lowest BCUT2D eigenvalue weighted by atomic mass is 10.1. The second-order valence-electron chi connectivity index (χ2n) is 4.87. The van der Waals surface area contributed by atoms with Crippen LogP contribution in [0.1, 0.15) is 24.1 Å². The summed E-state index contributed by atoms with van der Waals surface area (Å²) in [6.07, 6.45) is 1.80. The molecule has 1 aromatic carbocycles. The second kappa shape index (κ2) is 6.73. The highest BCUT2D eigenvalue weighted by Crippen LogP contribution is 2.27. The molecule has 2 aromatic rings. The minimum atomic E-state index is 0.244. The number of nitrogens with zero attached hydrogens (tertiary/aromatic N) is 2. The van der Waals surface area contributed by atoms with Crippen molar-refractivity contribution in [1.82, 2.24) is 9.88 Å². The van der Waals surface area contributed by atoms with Gasteiger partial charge in [0.1, 0.15) is 5.82 Å². The number of hydrogen-bond acceptors (Lipinski definition) is 3. The van der Waals surface area contributed by atoms with Gasteiger partial charge in [-0.1, -0.05) is 35.9 Å². The largest absolute Gasteiger partial charge is 0.373 e. The standard InChI is InChI=1S/C16H20ClN3/c1-12(14-8-4-5-9-15(14)17)20(3)11-13-7-6-10-19-16(13)18-2/h4-10,12H,11H2,1-3H3,(H,18,19). The van der Waals surface area contributed by atoms with Crippen LogP contribution in [0.5, 0.6) is 0 Å². The Morgan fingerprint density at radius 1 is 1.25 bits per heavy atom. The van der Waals surface area contributed by atoms with Crippen LogP contribution in [0.3, 0.4) is 0 Å². The summed E-state index contributed by atoms with van der Waals surface area (Å²) in [4.78, 5) is 6.60. The van der Waals surface area contributed by atoms with Crippen molar-refractivity contribution in [3.05, 3.63) is 58.7 Å². The molecule has 1 heterocycles. The van der Waals surface area contributed by atoms with E-state index in [-0.39, 0.29) is 6.04 Å². The van der Waals surface area contributed by atoms with Crippen molar-refractivity contribution in [3.63, 3.8) is 0 Å². The van der Waals surface area contributed by atoms with Crippen LogP contribution in [0.15, 0.2) is 42.6 Å². The second-order valence-corrected chi connectivity index (χ2v) is 5.28. The molecule has 0 saturated carbocycles. The predicted molar refractivity (Wildman–Crippen MR) is 85.1 cm³/mol. The van der Waals surface area contributed by atoms with E-state index in [2.05, 4.69) is 41.3 Å². The summed E-state index contributed by atoms with van der Waals surface area (Å²) in [6, 6.07) is 12.3. The lowest BCUT2D eigenvalue weighted by Crippen LogP contribution is -2.22. The van der Waals surface area contributed by atoms with Crippen LogP contribution in [-0.2, 0) is 6.54 Å². The highest BCUT2D eigenvalue weighted by molar-refractivity contribution is 6.31. The summed E-state index contributed by atoms with van der Waals surface area (Å²) >= 11 is 6.27. The van der Waals surface area contributed by atoms with Crippen molar-refractivity contribution in [2.24, 2.45) is 0 Å². The average molecular weight is 290 g/mol. The summed E-state index contributed by atoms with van der Waals surface area (Å²) < 4.78 is 0. The Balaban J connectivity index is 2.16. The van der Waals surface area contributed by atoms with E-state index in [1.165, 1.54) is 5.56 Å². The normalized spacial score (nSPS) is 12.4. The van der Waals surface area contributed by atoms with Crippen LogP contribution >= 0.6 is 11.6 Å². The van der Waals surface area contributed by atoms with E-state index < -0.39 is 0 Å². The Labute approximate surface area is 125 Å². The molecule has 1 N–H and O–H groups in total. The molecule has 4 heteroatoms. The summed E-state index contributed by atoms with van der Waals surface area (Å²) in [7, 11) is 3.99. The zero-order chi connectivity index (χ0) is 14.5. The number of halogens is 1. The minimum absolute atomic E-state index is 0.244. The van der Waals surface area contributed by atoms with Crippen LogP contribution < -0.4 is 5.32 Å². The first-order valence-electron chi connectivity index (χ1n) is 6.69. The number of benzene rings is 1. The van der Waals surface area contributed by atoms with Crippen molar-refractivity contribution in [2.45, 2.75) is 19.5 Å². The first-order chi connectivity index (χ1) is 9.63. The monoisotopic (exact) mass is 289 g/mol. The molecule has 2 rings (SSSR count). The molecule has 3 nitrogen and oxygen atoms in total. The highest BCUT2D eigenvalue weighted by Gasteiger charge is 2.15. The molecule has 20 heavy (non-hydrogen) atoms. The Bertz CT molecular complexity index is 571. The fourth-order valence-corrected chi connectivity index (χ4v) is 2.54. The number of anilines is 1. The number of aromatic nitrogens is 1. The smallest absolute Gasteiger partial charge is 0.130 e. The number of rotatable bonds is 5. The van der Waals surface area contributed by atoms with Crippen molar-refractivity contribution < 1.29 is 0 Å². The molecule has 0 aliphatic carbocycles. The van der Waals surface area contributed by atoms with Gasteiger partial charge in [0, 0.05) is 36.4 Å². The third-order valence-electron chi connectivity index (χ3n) is 3.56. The van der Waals surface area contributed by atoms with Gasteiger partial charge in [-0.2, -0.15) is 0 Å². The van der Waals surface area contributed by atoms with E-state index in [0.717, 1.165) is 22.9 Å². The van der Waals surface area contributed by atoms with E-state index in [1.54, 1.807) is 6.20 Å². The molecule has 1 atom stereocenters. The highest BCUT2D eigenvalue weighted by atomic mass is 35.5. The van der Waals surface area contributed by atoms with Crippen LogP contribution in [0.25, 0.3) is 0 Å². The predicted octanol–water partition coefficient (Wildman–Crippen LogP) is 3.97. The van der Waals surface area contributed by atoms with Crippen LogP contribution in [0.2, 0.25) is 5.02 Å². The van der Waals surface area contributed by atoms with Crippen molar-refractivity contribution in [1.29, 1.82) is 0 Å². The van der Waals surface area contributed by atoms with Gasteiger partial charge < -0.3 is 5.32 Å². The van der Waals surface area contributed by atoms with Gasteiger partial charge in [0.25, 0.3) is 0 Å². The van der Waals surface area contributed by atoms with Crippen LogP contribution in [-0.4, -0.2) is 24.0 Å². The van der Waals surface area contributed by atoms with Gasteiger partial charge >= 0.3 is 0 Å². The molecule has 1 unspecified atom stereocenters. The Kier molecular flexibility index (Phi) is 4.99. The molecule has 0 aliphatic rings. The summed E-state index contributed by atoms with van der Waals surface area (Å²) in [5.41, 5.74) is 2.32. The average Bonchev–Trinajstić information content (AvgIpc) is 2.47. The lowest BCUT2D eigenvalue weighted by Gasteiger charge is -2.26. The fraction of sp³-hybridized carbons (Fsp3) is 0.312. The molecular formula is C16H20ClN3. The van der Waals surface area contributed by atoms with Gasteiger partial charge in [0.05, 0.1) is 0 Å². The maximum Gasteiger partial charge on any atom is 0.130 e. The first kappa shape index (κ1) is 14.8. The third kappa shape index (κ3) is 3.30. The van der Waals surface area contributed by atoms with E-state index in [9.17, 15) is 0 Å². The van der Waals surface area contributed by atoms with Crippen LogP contribution in [0.4, 0.5) is 5.82 Å². The number of nitrogens with one attached hydrogen (secondary N) is 1. The first-order valence-corrected chi connectivity index (χ1v) is 7.07. The van der Waals surface area contributed by atoms with E-state index in [0.29, 0.717) is 0 Å². The summed E-state index contributed by atoms with van der Waals surface area (Å²) in [6.45, 7) is 2.98.